The van der Waals surface area contributed by atoms with E-state index >= 15 is 0 Å². The fraction of sp³-hybridized carbons (Fsp3) is 0.600. The van der Waals surface area contributed by atoms with Crippen LogP contribution in [-0.4, -0.2) is 30.8 Å². The molecule has 0 aliphatic carbocycles. The summed E-state index contributed by atoms with van der Waals surface area (Å²) in [6.45, 7) is 3.86. The lowest BCUT2D eigenvalue weighted by atomic mass is 9.99. The van der Waals surface area contributed by atoms with Crippen LogP contribution in [-0.2, 0) is 11.2 Å². The highest BCUT2D eigenvalue weighted by molar-refractivity contribution is 5.25. The van der Waals surface area contributed by atoms with Crippen molar-refractivity contribution in [3.05, 3.63) is 35.4 Å². The average molecular weight is 272 g/mol. The van der Waals surface area contributed by atoms with Crippen LogP contribution in [0.3, 0.4) is 0 Å². The highest BCUT2D eigenvalue weighted by atomic mass is 19.3. The van der Waals surface area contributed by atoms with Crippen LogP contribution >= 0.6 is 0 Å². The van der Waals surface area contributed by atoms with E-state index in [0.29, 0.717) is 18.8 Å². The number of rotatable bonds is 8. The molecule has 0 saturated heterocycles. The summed E-state index contributed by atoms with van der Waals surface area (Å²) < 4.78 is 28.4. The van der Waals surface area contributed by atoms with E-state index in [2.05, 4.69) is 26.0 Å². The number of halogens is 2. The van der Waals surface area contributed by atoms with E-state index in [4.69, 9.17) is 4.74 Å². The molecule has 19 heavy (non-hydrogen) atoms. The lowest BCUT2D eigenvalue weighted by Gasteiger charge is -2.12. The second-order valence-corrected chi connectivity index (χ2v) is 5.01. The van der Waals surface area contributed by atoms with E-state index in [0.717, 1.165) is 5.56 Å². The maximum absolute atomic E-state index is 11.8. The molecular weight excluding hydrogens is 250 g/mol. The fourth-order valence-corrected chi connectivity index (χ4v) is 1.80. The van der Waals surface area contributed by atoms with E-state index in [1.54, 1.807) is 0 Å². The van der Waals surface area contributed by atoms with Crippen LogP contribution in [0, 0.1) is 0 Å². The summed E-state index contributed by atoms with van der Waals surface area (Å²) >= 11 is 0. The molecule has 1 aromatic carbocycles. The number of aliphatic hydroxyl groups is 1. The maximum Gasteiger partial charge on any atom is 0.261 e. The standard InChI is InChI=1S/C15H22F2O2/c1-11(2)13-5-3-12(4-6-13)9-14(18)7-8-19-10-15(16)17/h3-6,11,14-15,18H,7-10H2,1-2H3. The molecule has 0 fully saturated rings. The second kappa shape index (κ2) is 8.23. The smallest absolute Gasteiger partial charge is 0.261 e. The molecule has 1 N–H and O–H groups in total. The van der Waals surface area contributed by atoms with Gasteiger partial charge in [0.2, 0.25) is 0 Å². The van der Waals surface area contributed by atoms with Gasteiger partial charge in [0.05, 0.1) is 6.10 Å². The Morgan fingerprint density at radius 2 is 1.79 bits per heavy atom. The van der Waals surface area contributed by atoms with E-state index < -0.39 is 19.1 Å². The molecule has 0 amide bonds. The molecule has 1 aromatic rings. The third kappa shape index (κ3) is 6.64. The van der Waals surface area contributed by atoms with Crippen molar-refractivity contribution in [1.29, 1.82) is 0 Å². The second-order valence-electron chi connectivity index (χ2n) is 5.01. The minimum absolute atomic E-state index is 0.162. The summed E-state index contributed by atoms with van der Waals surface area (Å²) in [6, 6.07) is 8.11. The number of ether oxygens (including phenoxy) is 1. The summed E-state index contributed by atoms with van der Waals surface area (Å²) in [5, 5.41) is 9.78. The molecule has 1 rings (SSSR count). The van der Waals surface area contributed by atoms with Crippen molar-refractivity contribution in [2.75, 3.05) is 13.2 Å². The highest BCUT2D eigenvalue weighted by Gasteiger charge is 2.08. The monoisotopic (exact) mass is 272 g/mol. The molecule has 0 saturated carbocycles. The Hall–Kier alpha value is -1.00. The average Bonchev–Trinajstić information content (AvgIpc) is 2.35. The molecule has 0 bridgehead atoms. The lowest BCUT2D eigenvalue weighted by Crippen LogP contribution is -2.15. The number of aliphatic hydroxyl groups excluding tert-OH is 1. The number of hydrogen-bond donors (Lipinski definition) is 1. The molecule has 0 aliphatic rings. The third-order valence-corrected chi connectivity index (χ3v) is 2.96. The van der Waals surface area contributed by atoms with Gasteiger partial charge < -0.3 is 9.84 Å². The summed E-state index contributed by atoms with van der Waals surface area (Å²) in [5.41, 5.74) is 2.31. The van der Waals surface area contributed by atoms with Gasteiger partial charge in [0.25, 0.3) is 6.43 Å². The SMILES string of the molecule is CC(C)c1ccc(CC(O)CCOCC(F)F)cc1. The van der Waals surface area contributed by atoms with Crippen LogP contribution in [0.5, 0.6) is 0 Å². The molecule has 1 atom stereocenters. The predicted molar refractivity (Wildman–Crippen MR) is 71.7 cm³/mol. The van der Waals surface area contributed by atoms with Crippen molar-refractivity contribution in [2.24, 2.45) is 0 Å². The number of hydrogen-bond acceptors (Lipinski definition) is 2. The van der Waals surface area contributed by atoms with Gasteiger partial charge >= 0.3 is 0 Å². The zero-order chi connectivity index (χ0) is 14.3. The van der Waals surface area contributed by atoms with Crippen LogP contribution in [0.4, 0.5) is 8.78 Å². The van der Waals surface area contributed by atoms with Crippen LogP contribution in [0.25, 0.3) is 0 Å². The number of benzene rings is 1. The van der Waals surface area contributed by atoms with Crippen LogP contribution in [0.1, 0.15) is 37.3 Å². The Bertz CT molecular complexity index is 350. The van der Waals surface area contributed by atoms with E-state index in [1.807, 2.05) is 12.1 Å². The summed E-state index contributed by atoms with van der Waals surface area (Å²) in [4.78, 5) is 0. The number of alkyl halides is 2. The van der Waals surface area contributed by atoms with Crippen molar-refractivity contribution < 1.29 is 18.6 Å². The largest absolute Gasteiger partial charge is 0.393 e. The van der Waals surface area contributed by atoms with Gasteiger partial charge in [-0.05, 0) is 29.9 Å². The first-order valence-corrected chi connectivity index (χ1v) is 6.62. The van der Waals surface area contributed by atoms with Crippen LogP contribution < -0.4 is 0 Å². The quantitative estimate of drug-likeness (QED) is 0.735. The van der Waals surface area contributed by atoms with Crippen molar-refractivity contribution in [3.63, 3.8) is 0 Å². The molecule has 0 aliphatic heterocycles. The van der Waals surface area contributed by atoms with Gasteiger partial charge in [-0.1, -0.05) is 38.1 Å². The Kier molecular flexibility index (Phi) is 6.95. The zero-order valence-electron chi connectivity index (χ0n) is 11.5. The molecule has 108 valence electrons. The van der Waals surface area contributed by atoms with Crippen molar-refractivity contribution in [3.8, 4) is 0 Å². The molecule has 4 heteroatoms. The molecule has 0 aromatic heterocycles. The first kappa shape index (κ1) is 16.1. The topological polar surface area (TPSA) is 29.5 Å². The van der Waals surface area contributed by atoms with Gasteiger partial charge in [-0.25, -0.2) is 8.78 Å². The molecule has 0 heterocycles. The predicted octanol–water partition coefficient (Wildman–Crippen LogP) is 3.39. The first-order chi connectivity index (χ1) is 8.99. The highest BCUT2D eigenvalue weighted by Crippen LogP contribution is 2.16. The fourth-order valence-electron chi connectivity index (χ4n) is 1.80. The van der Waals surface area contributed by atoms with Gasteiger partial charge in [-0.2, -0.15) is 0 Å². The minimum atomic E-state index is -2.44. The Morgan fingerprint density at radius 3 is 2.32 bits per heavy atom. The Morgan fingerprint density at radius 1 is 1.16 bits per heavy atom. The van der Waals surface area contributed by atoms with Crippen molar-refractivity contribution in [1.82, 2.24) is 0 Å². The summed E-state index contributed by atoms with van der Waals surface area (Å²) in [5.74, 6) is 0.488. The van der Waals surface area contributed by atoms with Crippen LogP contribution in [0.2, 0.25) is 0 Å². The Balaban J connectivity index is 2.29. The third-order valence-electron chi connectivity index (χ3n) is 2.96. The zero-order valence-corrected chi connectivity index (χ0v) is 11.5. The molecule has 0 spiro atoms. The van der Waals surface area contributed by atoms with Crippen molar-refractivity contribution >= 4 is 0 Å². The van der Waals surface area contributed by atoms with E-state index in [1.165, 1.54) is 5.56 Å². The van der Waals surface area contributed by atoms with Gasteiger partial charge in [-0.3, -0.25) is 0 Å². The van der Waals surface area contributed by atoms with Gasteiger partial charge in [0.15, 0.2) is 0 Å². The Labute approximate surface area is 113 Å². The van der Waals surface area contributed by atoms with E-state index in [9.17, 15) is 13.9 Å². The molecular formula is C15H22F2O2. The van der Waals surface area contributed by atoms with Crippen molar-refractivity contribution in [2.45, 2.75) is 45.1 Å². The van der Waals surface area contributed by atoms with Gasteiger partial charge in [0, 0.05) is 6.61 Å². The minimum Gasteiger partial charge on any atom is -0.393 e. The summed E-state index contributed by atoms with van der Waals surface area (Å²) in [7, 11) is 0. The van der Waals surface area contributed by atoms with Gasteiger partial charge in [-0.15, -0.1) is 0 Å². The van der Waals surface area contributed by atoms with E-state index in [-0.39, 0.29) is 6.61 Å². The summed E-state index contributed by atoms with van der Waals surface area (Å²) in [6.07, 6.45) is -2.10. The first-order valence-electron chi connectivity index (χ1n) is 6.62. The maximum atomic E-state index is 11.8. The van der Waals surface area contributed by atoms with Gasteiger partial charge in [0.1, 0.15) is 6.61 Å². The van der Waals surface area contributed by atoms with Crippen LogP contribution in [0.15, 0.2) is 24.3 Å². The molecule has 1 unspecified atom stereocenters. The molecule has 0 radical (unpaired) electrons. The normalized spacial score (nSPS) is 13.2. The molecule has 2 nitrogen and oxygen atoms in total. The lowest BCUT2D eigenvalue weighted by molar-refractivity contribution is 0.00512.